The molecule has 0 fully saturated rings. The van der Waals surface area contributed by atoms with E-state index in [4.69, 9.17) is 5.73 Å². The van der Waals surface area contributed by atoms with E-state index in [0.29, 0.717) is 11.3 Å². The SMILES string of the molecule is COC(=O)c1c(NCC(F)(F)C(F)F)sc(C(C)=O)c1N. The Morgan fingerprint density at radius 1 is 1.43 bits per heavy atom. The molecule has 3 N–H and O–H groups in total. The average molecular weight is 328 g/mol. The molecule has 0 atom stereocenters. The minimum atomic E-state index is -4.29. The first kappa shape index (κ1) is 17.2. The van der Waals surface area contributed by atoms with Gasteiger partial charge in [-0.25, -0.2) is 13.6 Å². The molecule has 5 nitrogen and oxygen atoms in total. The van der Waals surface area contributed by atoms with Crippen LogP contribution in [-0.4, -0.2) is 37.8 Å². The molecule has 0 bridgehead atoms. The highest BCUT2D eigenvalue weighted by molar-refractivity contribution is 7.19. The Labute approximate surface area is 121 Å². The zero-order chi connectivity index (χ0) is 16.4. The van der Waals surface area contributed by atoms with Gasteiger partial charge in [-0.1, -0.05) is 0 Å². The maximum atomic E-state index is 12.9. The third kappa shape index (κ3) is 3.63. The number of hydrogen-bond donors (Lipinski definition) is 2. The summed E-state index contributed by atoms with van der Waals surface area (Å²) in [6.45, 7) is -0.243. The number of hydrogen-bond acceptors (Lipinski definition) is 6. The fourth-order valence-corrected chi connectivity index (χ4v) is 2.41. The van der Waals surface area contributed by atoms with Crippen LogP contribution in [0.2, 0.25) is 0 Å². The van der Waals surface area contributed by atoms with Crippen LogP contribution in [0.3, 0.4) is 0 Å². The van der Waals surface area contributed by atoms with Gasteiger partial charge in [0, 0.05) is 6.92 Å². The van der Waals surface area contributed by atoms with Crippen LogP contribution in [0.4, 0.5) is 28.3 Å². The summed E-state index contributed by atoms with van der Waals surface area (Å²) in [4.78, 5) is 22.9. The number of nitrogens with two attached hydrogens (primary N) is 1. The number of nitrogen functional groups attached to an aromatic ring is 1. The summed E-state index contributed by atoms with van der Waals surface area (Å²) in [7, 11) is 1.03. The van der Waals surface area contributed by atoms with Gasteiger partial charge in [-0.3, -0.25) is 4.79 Å². The molecule has 0 aliphatic rings. The van der Waals surface area contributed by atoms with Gasteiger partial charge in [0.2, 0.25) is 0 Å². The molecule has 0 spiro atoms. The fraction of sp³-hybridized carbons (Fsp3) is 0.455. The minimum Gasteiger partial charge on any atom is -0.465 e. The summed E-state index contributed by atoms with van der Waals surface area (Å²) >= 11 is 0.626. The normalized spacial score (nSPS) is 11.6. The van der Waals surface area contributed by atoms with Crippen LogP contribution in [0.25, 0.3) is 0 Å². The van der Waals surface area contributed by atoms with Crippen LogP contribution < -0.4 is 11.1 Å². The molecule has 1 aromatic rings. The van der Waals surface area contributed by atoms with Gasteiger partial charge < -0.3 is 15.8 Å². The predicted octanol–water partition coefficient (Wildman–Crippen LogP) is 2.63. The van der Waals surface area contributed by atoms with Crippen LogP contribution in [0.15, 0.2) is 0 Å². The smallest absolute Gasteiger partial charge is 0.343 e. The highest BCUT2D eigenvalue weighted by Gasteiger charge is 2.41. The zero-order valence-corrected chi connectivity index (χ0v) is 11.8. The van der Waals surface area contributed by atoms with Gasteiger partial charge in [0.15, 0.2) is 5.78 Å². The second kappa shape index (κ2) is 6.29. The number of ether oxygens (including phenoxy) is 1. The van der Waals surface area contributed by atoms with Crippen molar-refractivity contribution in [2.75, 3.05) is 24.7 Å². The molecule has 10 heteroatoms. The molecule has 0 unspecified atom stereocenters. The first-order chi connectivity index (χ1) is 9.61. The van der Waals surface area contributed by atoms with Crippen molar-refractivity contribution in [3.63, 3.8) is 0 Å². The predicted molar refractivity (Wildman–Crippen MR) is 69.5 cm³/mol. The lowest BCUT2D eigenvalue weighted by molar-refractivity contribution is -0.117. The second-order valence-electron chi connectivity index (χ2n) is 4.01. The number of ketones is 1. The van der Waals surface area contributed by atoms with Crippen LogP contribution in [0.1, 0.15) is 27.0 Å². The van der Waals surface area contributed by atoms with Crippen molar-refractivity contribution in [1.29, 1.82) is 0 Å². The van der Waals surface area contributed by atoms with Crippen molar-refractivity contribution in [1.82, 2.24) is 0 Å². The van der Waals surface area contributed by atoms with E-state index in [2.05, 4.69) is 4.74 Å². The number of alkyl halides is 4. The van der Waals surface area contributed by atoms with Crippen molar-refractivity contribution in [3.05, 3.63) is 10.4 Å². The van der Waals surface area contributed by atoms with Crippen LogP contribution >= 0.6 is 11.3 Å². The summed E-state index contributed by atoms with van der Waals surface area (Å²) in [6, 6.07) is 0. The van der Waals surface area contributed by atoms with E-state index >= 15 is 0 Å². The highest BCUT2D eigenvalue weighted by atomic mass is 32.1. The fourth-order valence-electron chi connectivity index (χ4n) is 1.41. The van der Waals surface area contributed by atoms with Gasteiger partial charge in [0.05, 0.1) is 24.2 Å². The molecular weight excluding hydrogens is 316 g/mol. The number of halogens is 4. The van der Waals surface area contributed by atoms with Gasteiger partial charge in [0.1, 0.15) is 10.6 Å². The number of carbonyl (C=O) groups is 2. The van der Waals surface area contributed by atoms with Gasteiger partial charge >= 0.3 is 18.3 Å². The first-order valence-corrected chi connectivity index (χ1v) is 6.34. The Hall–Kier alpha value is -1.84. The topological polar surface area (TPSA) is 81.4 Å². The number of nitrogens with one attached hydrogen (secondary N) is 1. The molecule has 0 aliphatic carbocycles. The number of Topliss-reactive ketones (excluding diaryl/α,β-unsaturated/α-hetero) is 1. The monoisotopic (exact) mass is 328 g/mol. The minimum absolute atomic E-state index is 0.0433. The Balaban J connectivity index is 3.14. The number of carbonyl (C=O) groups excluding carboxylic acids is 2. The molecule has 1 rings (SSSR count). The van der Waals surface area contributed by atoms with Crippen molar-refractivity contribution in [2.45, 2.75) is 19.3 Å². The van der Waals surface area contributed by atoms with E-state index in [1.165, 1.54) is 6.92 Å². The Morgan fingerprint density at radius 3 is 2.43 bits per heavy atom. The van der Waals surface area contributed by atoms with Crippen molar-refractivity contribution < 1.29 is 31.9 Å². The van der Waals surface area contributed by atoms with Gasteiger partial charge in [-0.05, 0) is 0 Å². The number of methoxy groups -OCH3 is 1. The summed E-state index contributed by atoms with van der Waals surface area (Å²) in [5.74, 6) is -5.74. The Morgan fingerprint density at radius 2 is 2.00 bits per heavy atom. The molecule has 0 saturated carbocycles. The average Bonchev–Trinajstić information content (AvgIpc) is 2.72. The number of thiophene rings is 1. The van der Waals surface area contributed by atoms with E-state index in [9.17, 15) is 27.2 Å². The van der Waals surface area contributed by atoms with Crippen molar-refractivity contribution >= 4 is 33.8 Å². The molecule has 1 heterocycles. The highest BCUT2D eigenvalue weighted by Crippen LogP contribution is 2.37. The van der Waals surface area contributed by atoms with Crippen molar-refractivity contribution in [3.8, 4) is 0 Å². The van der Waals surface area contributed by atoms with Crippen LogP contribution in [0, 0.1) is 0 Å². The van der Waals surface area contributed by atoms with Crippen LogP contribution in [-0.2, 0) is 4.74 Å². The van der Waals surface area contributed by atoms with Crippen molar-refractivity contribution in [2.24, 2.45) is 0 Å². The van der Waals surface area contributed by atoms with Gasteiger partial charge in [-0.15, -0.1) is 11.3 Å². The summed E-state index contributed by atoms with van der Waals surface area (Å²) < 4.78 is 54.4. The van der Waals surface area contributed by atoms with Gasteiger partial charge in [0.25, 0.3) is 0 Å². The van der Waals surface area contributed by atoms with E-state index in [1.54, 1.807) is 0 Å². The standard InChI is InChI=1S/C11H12F4N2O3S/c1-4(18)7-6(16)5(9(19)20-2)8(21-7)17-3-11(14,15)10(12)13/h10,17H,3,16H2,1-2H3. The Bertz CT molecular complexity index is 560. The van der Waals surface area contributed by atoms with E-state index in [-0.39, 0.29) is 21.1 Å². The van der Waals surface area contributed by atoms with E-state index < -0.39 is 30.6 Å². The molecular formula is C11H12F4N2O3S. The summed E-state index contributed by atoms with van der Waals surface area (Å²) in [6.07, 6.45) is -3.86. The third-order valence-electron chi connectivity index (χ3n) is 2.46. The number of rotatable bonds is 6. The molecule has 0 radical (unpaired) electrons. The maximum absolute atomic E-state index is 12.9. The first-order valence-electron chi connectivity index (χ1n) is 5.53. The molecule has 0 saturated heterocycles. The maximum Gasteiger partial charge on any atom is 0.343 e. The lowest BCUT2D eigenvalue weighted by atomic mass is 10.2. The largest absolute Gasteiger partial charge is 0.465 e. The molecule has 0 aromatic carbocycles. The van der Waals surface area contributed by atoms with Crippen LogP contribution in [0.5, 0.6) is 0 Å². The van der Waals surface area contributed by atoms with E-state index in [0.717, 1.165) is 7.11 Å². The second-order valence-corrected chi connectivity index (χ2v) is 5.03. The quantitative estimate of drug-likeness (QED) is 0.477. The number of esters is 1. The van der Waals surface area contributed by atoms with E-state index in [1.807, 2.05) is 5.32 Å². The molecule has 21 heavy (non-hydrogen) atoms. The van der Waals surface area contributed by atoms with Gasteiger partial charge in [-0.2, -0.15) is 8.78 Å². The lowest BCUT2D eigenvalue weighted by Crippen LogP contribution is -2.34. The summed E-state index contributed by atoms with van der Waals surface area (Å²) in [5.41, 5.74) is 5.04. The molecule has 118 valence electrons. The Kier molecular flexibility index (Phi) is 5.15. The third-order valence-corrected chi connectivity index (χ3v) is 3.72. The zero-order valence-electron chi connectivity index (χ0n) is 11.0. The molecule has 0 amide bonds. The lowest BCUT2D eigenvalue weighted by Gasteiger charge is -2.16. The molecule has 1 aromatic heterocycles. The number of anilines is 2. The molecule has 0 aliphatic heterocycles. The summed E-state index contributed by atoms with van der Waals surface area (Å²) in [5, 5.41) is 1.80.